The maximum atomic E-state index is 11.8. The molecule has 0 radical (unpaired) electrons. The highest BCUT2D eigenvalue weighted by Gasteiger charge is 2.33. The maximum Gasteiger partial charge on any atom is 0.329 e. The Morgan fingerprint density at radius 2 is 1.95 bits per heavy atom. The lowest BCUT2D eigenvalue weighted by Gasteiger charge is -2.24. The van der Waals surface area contributed by atoms with Crippen molar-refractivity contribution in [2.75, 3.05) is 0 Å². The van der Waals surface area contributed by atoms with Crippen LogP contribution in [0.1, 0.15) is 32.3 Å². The number of hydrogen-bond acceptors (Lipinski definition) is 2. The summed E-state index contributed by atoms with van der Waals surface area (Å²) in [5.41, 5.74) is -0.423. The van der Waals surface area contributed by atoms with Gasteiger partial charge in [0, 0.05) is 11.1 Å². The highest BCUT2D eigenvalue weighted by atomic mass is 35.5. The van der Waals surface area contributed by atoms with Crippen molar-refractivity contribution in [2.24, 2.45) is 0 Å². The number of carbonyl (C=O) groups is 2. The summed E-state index contributed by atoms with van der Waals surface area (Å²) in [4.78, 5) is 23.0. The van der Waals surface area contributed by atoms with Crippen molar-refractivity contribution >= 4 is 29.6 Å². The van der Waals surface area contributed by atoms with Crippen LogP contribution in [0.5, 0.6) is 0 Å². The molecule has 0 bridgehead atoms. The first-order chi connectivity index (χ1) is 9.37. The molecule has 2 N–H and O–H groups in total. The smallest absolute Gasteiger partial charge is 0.329 e. The van der Waals surface area contributed by atoms with Gasteiger partial charge >= 0.3 is 5.97 Å². The van der Waals surface area contributed by atoms with Gasteiger partial charge in [-0.3, -0.25) is 4.79 Å². The topological polar surface area (TPSA) is 66.4 Å². The van der Waals surface area contributed by atoms with Crippen molar-refractivity contribution in [1.29, 1.82) is 0 Å². The van der Waals surface area contributed by atoms with Crippen molar-refractivity contribution in [1.82, 2.24) is 5.32 Å². The third-order valence-electron chi connectivity index (χ3n) is 2.92. The predicted octanol–water partition coefficient (Wildman–Crippen LogP) is 3.11. The molecule has 1 aromatic rings. The van der Waals surface area contributed by atoms with Gasteiger partial charge in [-0.25, -0.2) is 4.79 Å². The Balaban J connectivity index is 2.71. The molecule has 0 spiro atoms. The first-order valence-electron chi connectivity index (χ1n) is 6.36. The molecule has 1 aromatic carbocycles. The molecule has 0 fully saturated rings. The fourth-order valence-corrected chi connectivity index (χ4v) is 1.91. The van der Waals surface area contributed by atoms with Gasteiger partial charge in [-0.15, -0.1) is 0 Å². The number of aliphatic carboxylic acids is 1. The Hall–Kier alpha value is -1.81. The number of amides is 1. The number of rotatable bonds is 6. The van der Waals surface area contributed by atoms with E-state index in [1.54, 1.807) is 30.3 Å². The van der Waals surface area contributed by atoms with E-state index >= 15 is 0 Å². The monoisotopic (exact) mass is 295 g/mol. The van der Waals surface area contributed by atoms with Crippen LogP contribution in [0, 0.1) is 0 Å². The standard InChI is InChI=1S/C15H18ClNO3/c1-3-10-15(2,14(19)20)17-13(18)9-6-11-4-7-12(16)8-5-11/h4-9H,3,10H2,1-2H3,(H,17,18)(H,19,20)/b9-6+. The lowest BCUT2D eigenvalue weighted by atomic mass is 9.96. The van der Waals surface area contributed by atoms with Crippen LogP contribution in [-0.2, 0) is 9.59 Å². The van der Waals surface area contributed by atoms with E-state index in [4.69, 9.17) is 11.6 Å². The van der Waals surface area contributed by atoms with E-state index < -0.39 is 17.4 Å². The average molecular weight is 296 g/mol. The number of carbonyl (C=O) groups excluding carboxylic acids is 1. The lowest BCUT2D eigenvalue weighted by Crippen LogP contribution is -2.51. The first kappa shape index (κ1) is 16.2. The molecule has 0 saturated carbocycles. The SMILES string of the molecule is CCCC(C)(NC(=O)/C=C/c1ccc(Cl)cc1)C(=O)O. The quantitative estimate of drug-likeness (QED) is 0.793. The van der Waals surface area contributed by atoms with Gasteiger partial charge in [0.2, 0.25) is 5.91 Å². The maximum absolute atomic E-state index is 11.8. The number of benzene rings is 1. The Bertz CT molecular complexity index is 510. The molecule has 1 atom stereocenters. The minimum absolute atomic E-state index is 0.378. The third-order valence-corrected chi connectivity index (χ3v) is 3.17. The van der Waals surface area contributed by atoms with Crippen LogP contribution in [-0.4, -0.2) is 22.5 Å². The highest BCUT2D eigenvalue weighted by molar-refractivity contribution is 6.30. The Kier molecular flexibility index (Phi) is 5.77. The molecule has 0 aliphatic carbocycles. The van der Waals surface area contributed by atoms with Gasteiger partial charge in [0.25, 0.3) is 0 Å². The largest absolute Gasteiger partial charge is 0.480 e. The molecule has 4 nitrogen and oxygen atoms in total. The van der Waals surface area contributed by atoms with E-state index in [-0.39, 0.29) is 0 Å². The Labute approximate surface area is 123 Å². The molecule has 5 heteroatoms. The van der Waals surface area contributed by atoms with Crippen molar-refractivity contribution in [3.63, 3.8) is 0 Å². The molecule has 1 amide bonds. The highest BCUT2D eigenvalue weighted by Crippen LogP contribution is 2.13. The van der Waals surface area contributed by atoms with Crippen molar-refractivity contribution in [3.05, 3.63) is 40.9 Å². The number of halogens is 1. The van der Waals surface area contributed by atoms with E-state index in [1.807, 2.05) is 6.92 Å². The molecule has 20 heavy (non-hydrogen) atoms. The summed E-state index contributed by atoms with van der Waals surface area (Å²) < 4.78 is 0. The summed E-state index contributed by atoms with van der Waals surface area (Å²) >= 11 is 5.76. The molecular weight excluding hydrogens is 278 g/mol. The molecular formula is C15H18ClNO3. The molecule has 1 unspecified atom stereocenters. The Morgan fingerprint density at radius 3 is 2.45 bits per heavy atom. The molecule has 0 saturated heterocycles. The van der Waals surface area contributed by atoms with Crippen LogP contribution >= 0.6 is 11.6 Å². The molecule has 0 aliphatic rings. The van der Waals surface area contributed by atoms with Gasteiger partial charge in [-0.1, -0.05) is 37.1 Å². The molecule has 108 valence electrons. The average Bonchev–Trinajstić information content (AvgIpc) is 2.38. The van der Waals surface area contributed by atoms with Crippen LogP contribution in [0.3, 0.4) is 0 Å². The molecule has 1 rings (SSSR count). The summed E-state index contributed by atoms with van der Waals surface area (Å²) in [5.74, 6) is -1.47. The van der Waals surface area contributed by atoms with Crippen LogP contribution in [0.15, 0.2) is 30.3 Å². The third kappa shape index (κ3) is 4.70. The van der Waals surface area contributed by atoms with Crippen LogP contribution in [0.25, 0.3) is 6.08 Å². The minimum atomic E-state index is -1.24. The first-order valence-corrected chi connectivity index (χ1v) is 6.74. The predicted molar refractivity (Wildman–Crippen MR) is 79.6 cm³/mol. The van der Waals surface area contributed by atoms with Crippen LogP contribution in [0.4, 0.5) is 0 Å². The second kappa shape index (κ2) is 7.10. The number of nitrogens with one attached hydrogen (secondary N) is 1. The summed E-state index contributed by atoms with van der Waals surface area (Å²) in [6.07, 6.45) is 3.98. The second-order valence-corrected chi connectivity index (χ2v) is 5.20. The van der Waals surface area contributed by atoms with Crippen molar-refractivity contribution in [3.8, 4) is 0 Å². The second-order valence-electron chi connectivity index (χ2n) is 4.76. The molecule has 0 aliphatic heterocycles. The van der Waals surface area contributed by atoms with Gasteiger partial charge in [-0.2, -0.15) is 0 Å². The van der Waals surface area contributed by atoms with Crippen molar-refractivity contribution < 1.29 is 14.7 Å². The molecule has 0 aromatic heterocycles. The minimum Gasteiger partial charge on any atom is -0.480 e. The summed E-state index contributed by atoms with van der Waals surface area (Å²) in [7, 11) is 0. The van der Waals surface area contributed by atoms with Crippen LogP contribution in [0.2, 0.25) is 5.02 Å². The molecule has 0 heterocycles. The van der Waals surface area contributed by atoms with E-state index in [9.17, 15) is 14.7 Å². The van der Waals surface area contributed by atoms with Gasteiger partial charge in [0.15, 0.2) is 0 Å². The zero-order valence-corrected chi connectivity index (χ0v) is 12.3. The van der Waals surface area contributed by atoms with Gasteiger partial charge in [-0.05, 0) is 37.1 Å². The lowest BCUT2D eigenvalue weighted by molar-refractivity contribution is -0.146. The van der Waals surface area contributed by atoms with Crippen molar-refractivity contribution in [2.45, 2.75) is 32.2 Å². The summed E-state index contributed by atoms with van der Waals surface area (Å²) in [6, 6.07) is 6.98. The Morgan fingerprint density at radius 1 is 1.35 bits per heavy atom. The van der Waals surface area contributed by atoms with Gasteiger partial charge in [0.1, 0.15) is 5.54 Å². The zero-order chi connectivity index (χ0) is 15.2. The number of carboxylic acids is 1. The zero-order valence-electron chi connectivity index (χ0n) is 11.5. The number of hydrogen-bond donors (Lipinski definition) is 2. The normalized spacial score (nSPS) is 13.9. The van der Waals surface area contributed by atoms with Gasteiger partial charge in [0.05, 0.1) is 0 Å². The number of carboxylic acid groups (broad SMARTS) is 1. The van der Waals surface area contributed by atoms with E-state index in [0.717, 1.165) is 5.56 Å². The summed E-state index contributed by atoms with van der Waals surface area (Å²) in [6.45, 7) is 3.38. The van der Waals surface area contributed by atoms with Gasteiger partial charge < -0.3 is 10.4 Å². The fraction of sp³-hybridized carbons (Fsp3) is 0.333. The fourth-order valence-electron chi connectivity index (χ4n) is 1.78. The van der Waals surface area contributed by atoms with E-state index in [0.29, 0.717) is 17.9 Å². The van der Waals surface area contributed by atoms with Crippen LogP contribution < -0.4 is 5.32 Å². The summed E-state index contributed by atoms with van der Waals surface area (Å²) in [5, 5.41) is 12.3. The van der Waals surface area contributed by atoms with E-state index in [1.165, 1.54) is 13.0 Å². The van der Waals surface area contributed by atoms with E-state index in [2.05, 4.69) is 5.32 Å².